The van der Waals surface area contributed by atoms with Crippen LogP contribution in [0.4, 0.5) is 0 Å². The van der Waals surface area contributed by atoms with E-state index >= 15 is 0 Å². The molecule has 1 aliphatic carbocycles. The second-order valence-electron chi connectivity index (χ2n) is 6.82. The maximum absolute atomic E-state index is 12.2. The molecule has 0 spiro atoms. The summed E-state index contributed by atoms with van der Waals surface area (Å²) in [5.74, 6) is 2.67. The smallest absolute Gasteiger partial charge is 0.231 e. The Labute approximate surface area is 147 Å². The molecule has 1 saturated heterocycles. The van der Waals surface area contributed by atoms with Crippen molar-refractivity contribution < 1.29 is 23.7 Å². The van der Waals surface area contributed by atoms with Crippen molar-refractivity contribution in [1.82, 2.24) is 0 Å². The predicted octanol–water partition coefficient (Wildman–Crippen LogP) is 3.91. The Hall–Kier alpha value is -2.43. The molecule has 0 radical (unpaired) electrons. The maximum Gasteiger partial charge on any atom is 0.231 e. The molecule has 0 unspecified atom stereocenters. The molecule has 1 fully saturated rings. The Morgan fingerprint density at radius 1 is 1.28 bits per heavy atom. The van der Waals surface area contributed by atoms with E-state index in [9.17, 15) is 4.79 Å². The first-order valence-corrected chi connectivity index (χ1v) is 8.68. The fourth-order valence-corrected chi connectivity index (χ4v) is 4.15. The summed E-state index contributed by atoms with van der Waals surface area (Å²) >= 11 is 0. The van der Waals surface area contributed by atoms with Crippen LogP contribution in [0.15, 0.2) is 41.9 Å². The highest BCUT2D eigenvalue weighted by atomic mass is 16.7. The molecule has 132 valence electrons. The molecule has 1 aromatic carbocycles. The monoisotopic (exact) mass is 342 g/mol. The number of benzene rings is 1. The maximum atomic E-state index is 12.2. The summed E-state index contributed by atoms with van der Waals surface area (Å²) in [5, 5.41) is 0. The van der Waals surface area contributed by atoms with Crippen molar-refractivity contribution in [3.8, 4) is 11.5 Å². The van der Waals surface area contributed by atoms with Gasteiger partial charge in [0.05, 0.1) is 12.5 Å². The number of fused-ring (bicyclic) bond motifs is 2. The molecular weight excluding hydrogens is 320 g/mol. The normalized spacial score (nSPS) is 29.6. The second kappa shape index (κ2) is 5.83. The zero-order valence-corrected chi connectivity index (χ0v) is 14.7. The van der Waals surface area contributed by atoms with Gasteiger partial charge in [0.1, 0.15) is 11.9 Å². The van der Waals surface area contributed by atoms with Crippen LogP contribution in [-0.2, 0) is 14.3 Å². The van der Waals surface area contributed by atoms with Crippen molar-refractivity contribution >= 4 is 5.78 Å². The van der Waals surface area contributed by atoms with Gasteiger partial charge in [0.2, 0.25) is 12.6 Å². The van der Waals surface area contributed by atoms with Crippen LogP contribution >= 0.6 is 0 Å². The number of carbonyl (C=O) groups excluding carboxylic acids is 1. The summed E-state index contributed by atoms with van der Waals surface area (Å²) in [6.07, 6.45) is 5.30. The van der Waals surface area contributed by atoms with Crippen LogP contribution < -0.4 is 9.47 Å². The van der Waals surface area contributed by atoms with E-state index in [0.29, 0.717) is 5.76 Å². The number of allylic oxidation sites excluding steroid dienone is 2. The minimum absolute atomic E-state index is 0.136. The summed E-state index contributed by atoms with van der Waals surface area (Å²) in [4.78, 5) is 12.2. The molecule has 0 amide bonds. The Morgan fingerprint density at radius 3 is 2.84 bits per heavy atom. The van der Waals surface area contributed by atoms with E-state index in [1.165, 1.54) is 7.11 Å². The van der Waals surface area contributed by atoms with Crippen molar-refractivity contribution in [3.05, 3.63) is 47.4 Å². The van der Waals surface area contributed by atoms with Crippen LogP contribution in [0.25, 0.3) is 0 Å². The lowest BCUT2D eigenvalue weighted by atomic mass is 9.68. The predicted molar refractivity (Wildman–Crippen MR) is 91.1 cm³/mol. The van der Waals surface area contributed by atoms with E-state index < -0.39 is 0 Å². The number of hydrogen-bond acceptors (Lipinski definition) is 5. The number of hydrogen-bond donors (Lipinski definition) is 0. The van der Waals surface area contributed by atoms with Gasteiger partial charge in [-0.2, -0.15) is 0 Å². The quantitative estimate of drug-likeness (QED) is 0.830. The summed E-state index contributed by atoms with van der Waals surface area (Å²) in [6, 6.07) is 5.90. The molecule has 4 rings (SSSR count). The third kappa shape index (κ3) is 2.33. The van der Waals surface area contributed by atoms with Gasteiger partial charge in [-0.05, 0) is 30.2 Å². The molecule has 2 heterocycles. The average Bonchev–Trinajstić information content (AvgIpc) is 3.18. The fourth-order valence-electron chi connectivity index (χ4n) is 4.15. The minimum atomic E-state index is -0.310. The van der Waals surface area contributed by atoms with Crippen molar-refractivity contribution in [2.24, 2.45) is 11.3 Å². The number of rotatable bonds is 4. The van der Waals surface area contributed by atoms with E-state index in [-0.39, 0.29) is 30.0 Å². The highest BCUT2D eigenvalue weighted by molar-refractivity contribution is 6.04. The number of carbonyl (C=O) groups is 1. The largest absolute Gasteiger partial charge is 0.493 e. The zero-order valence-electron chi connectivity index (χ0n) is 14.7. The molecule has 0 aromatic heterocycles. The van der Waals surface area contributed by atoms with E-state index in [0.717, 1.165) is 35.7 Å². The third-order valence-corrected chi connectivity index (χ3v) is 5.48. The van der Waals surface area contributed by atoms with Gasteiger partial charge in [0.15, 0.2) is 17.3 Å². The molecule has 5 heteroatoms. The molecule has 1 aromatic rings. The lowest BCUT2D eigenvalue weighted by Gasteiger charge is -2.32. The van der Waals surface area contributed by atoms with Crippen molar-refractivity contribution in [1.29, 1.82) is 0 Å². The second-order valence-corrected chi connectivity index (χ2v) is 6.82. The Kier molecular flexibility index (Phi) is 3.74. The molecule has 0 saturated carbocycles. The molecular formula is C20H22O5. The van der Waals surface area contributed by atoms with Gasteiger partial charge in [0.25, 0.3) is 0 Å². The van der Waals surface area contributed by atoms with Crippen LogP contribution in [0, 0.1) is 11.3 Å². The molecule has 0 N–H and O–H groups in total. The van der Waals surface area contributed by atoms with E-state index in [2.05, 4.69) is 13.8 Å². The van der Waals surface area contributed by atoms with E-state index in [4.69, 9.17) is 18.9 Å². The van der Waals surface area contributed by atoms with Crippen LogP contribution in [0.1, 0.15) is 38.4 Å². The standard InChI is InChI=1S/C20H22O5/c1-4-7-20-10-17(22-3)14(21)9-18(20)25-19(12(20)2)13-5-6-15-16(8-13)24-11-23-15/h5-6,8-10,12,19H,4,7,11H2,1-3H3/t12-,19+,20+/m0/s1. The molecule has 0 bridgehead atoms. The van der Waals surface area contributed by atoms with Gasteiger partial charge in [-0.3, -0.25) is 4.79 Å². The minimum Gasteiger partial charge on any atom is -0.493 e. The van der Waals surface area contributed by atoms with Gasteiger partial charge in [-0.15, -0.1) is 0 Å². The average molecular weight is 342 g/mol. The summed E-state index contributed by atoms with van der Waals surface area (Å²) in [6.45, 7) is 4.56. The van der Waals surface area contributed by atoms with Gasteiger partial charge in [0, 0.05) is 12.0 Å². The molecule has 3 atom stereocenters. The fraction of sp³-hybridized carbons (Fsp3) is 0.450. The highest BCUT2D eigenvalue weighted by Gasteiger charge is 2.53. The van der Waals surface area contributed by atoms with Crippen molar-refractivity contribution in [2.75, 3.05) is 13.9 Å². The number of methoxy groups -OCH3 is 1. The van der Waals surface area contributed by atoms with Crippen molar-refractivity contribution in [3.63, 3.8) is 0 Å². The third-order valence-electron chi connectivity index (χ3n) is 5.48. The first-order chi connectivity index (χ1) is 12.1. The first kappa shape index (κ1) is 16.1. The zero-order chi connectivity index (χ0) is 17.6. The molecule has 5 nitrogen and oxygen atoms in total. The Balaban J connectivity index is 1.75. The Bertz CT molecular complexity index is 778. The first-order valence-electron chi connectivity index (χ1n) is 8.68. The lowest BCUT2D eigenvalue weighted by molar-refractivity contribution is -0.114. The Morgan fingerprint density at radius 2 is 2.08 bits per heavy atom. The number of ether oxygens (including phenoxy) is 4. The topological polar surface area (TPSA) is 54.0 Å². The van der Waals surface area contributed by atoms with Gasteiger partial charge < -0.3 is 18.9 Å². The lowest BCUT2D eigenvalue weighted by Crippen LogP contribution is -2.29. The molecule has 3 aliphatic rings. The van der Waals surface area contributed by atoms with E-state index in [1.54, 1.807) is 6.08 Å². The van der Waals surface area contributed by atoms with Gasteiger partial charge >= 0.3 is 0 Å². The highest BCUT2D eigenvalue weighted by Crippen LogP contribution is 2.58. The van der Waals surface area contributed by atoms with Crippen LogP contribution in [0.2, 0.25) is 0 Å². The summed E-state index contributed by atoms with van der Waals surface area (Å²) in [7, 11) is 1.54. The van der Waals surface area contributed by atoms with Crippen LogP contribution in [0.3, 0.4) is 0 Å². The van der Waals surface area contributed by atoms with Crippen LogP contribution in [0.5, 0.6) is 11.5 Å². The van der Waals surface area contributed by atoms with Gasteiger partial charge in [-0.25, -0.2) is 0 Å². The summed E-state index contributed by atoms with van der Waals surface area (Å²) < 4.78 is 22.5. The van der Waals surface area contributed by atoms with Gasteiger partial charge in [-0.1, -0.05) is 26.3 Å². The van der Waals surface area contributed by atoms with E-state index in [1.807, 2.05) is 24.3 Å². The molecule has 2 aliphatic heterocycles. The van der Waals surface area contributed by atoms with Crippen LogP contribution in [-0.4, -0.2) is 19.7 Å². The van der Waals surface area contributed by atoms with Crippen molar-refractivity contribution in [2.45, 2.75) is 32.8 Å². The number of ketones is 1. The summed E-state index contributed by atoms with van der Waals surface area (Å²) in [5.41, 5.74) is 0.719. The molecule has 25 heavy (non-hydrogen) atoms. The SMILES string of the molecule is CCC[C@]12C=C(OC)C(=O)C=C1O[C@@H](c1ccc3c(c1)OCO3)[C@@H]2C.